The van der Waals surface area contributed by atoms with Gasteiger partial charge in [0.1, 0.15) is 0 Å². The van der Waals surface area contributed by atoms with E-state index in [1.165, 1.54) is 0 Å². The minimum Gasteiger partial charge on any atom is -0.350 e. The van der Waals surface area contributed by atoms with Gasteiger partial charge in [0.2, 0.25) is 0 Å². The van der Waals surface area contributed by atoms with E-state index in [4.69, 9.17) is 5.26 Å². The molecule has 1 unspecified atom stereocenters. The Morgan fingerprint density at radius 1 is 1.12 bits per heavy atom. The van der Waals surface area contributed by atoms with Crippen molar-refractivity contribution in [2.75, 3.05) is 13.1 Å². The molecule has 0 radical (unpaired) electrons. The zero-order valence-electron chi connectivity index (χ0n) is 14.3. The smallest absolute Gasteiger partial charge is 0.315 e. The first-order chi connectivity index (χ1) is 12.5. The highest BCUT2D eigenvalue weighted by Crippen LogP contribution is 2.13. The lowest BCUT2D eigenvalue weighted by Crippen LogP contribution is -2.41. The summed E-state index contributed by atoms with van der Waals surface area (Å²) >= 11 is 3.32. The summed E-state index contributed by atoms with van der Waals surface area (Å²) in [6, 6.07) is 15.7. The van der Waals surface area contributed by atoms with Crippen molar-refractivity contribution in [1.82, 2.24) is 16.0 Å². The van der Waals surface area contributed by atoms with Crippen LogP contribution in [0.3, 0.4) is 0 Å². The van der Waals surface area contributed by atoms with Gasteiger partial charge in [-0.25, -0.2) is 4.79 Å². The number of amides is 3. The summed E-state index contributed by atoms with van der Waals surface area (Å²) in [6.45, 7) is 2.49. The Balaban J connectivity index is 1.71. The summed E-state index contributed by atoms with van der Waals surface area (Å²) in [5.74, 6) is -0.195. The summed E-state index contributed by atoms with van der Waals surface area (Å²) in [5, 5.41) is 17.0. The van der Waals surface area contributed by atoms with Crippen LogP contribution in [-0.2, 0) is 0 Å². The highest BCUT2D eigenvalue weighted by atomic mass is 79.9. The fourth-order valence-corrected chi connectivity index (χ4v) is 2.66. The molecule has 0 heterocycles. The molecule has 0 spiro atoms. The van der Waals surface area contributed by atoms with Gasteiger partial charge in [-0.1, -0.05) is 34.1 Å². The topological polar surface area (TPSA) is 94.0 Å². The second-order valence-electron chi connectivity index (χ2n) is 5.62. The number of hydrogen-bond acceptors (Lipinski definition) is 3. The number of rotatable bonds is 6. The van der Waals surface area contributed by atoms with E-state index in [1.807, 2.05) is 25.1 Å². The molecule has 0 bridgehead atoms. The third-order valence-corrected chi connectivity index (χ3v) is 4.16. The van der Waals surface area contributed by atoms with E-state index in [1.54, 1.807) is 30.3 Å². The molecule has 0 aliphatic carbocycles. The van der Waals surface area contributed by atoms with Crippen LogP contribution in [-0.4, -0.2) is 25.0 Å². The van der Waals surface area contributed by atoms with Crippen molar-refractivity contribution in [2.24, 2.45) is 0 Å². The van der Waals surface area contributed by atoms with Crippen molar-refractivity contribution in [3.63, 3.8) is 0 Å². The third kappa shape index (κ3) is 5.90. The average molecular weight is 415 g/mol. The Hall–Kier alpha value is -2.85. The maximum absolute atomic E-state index is 12.0. The van der Waals surface area contributed by atoms with Gasteiger partial charge in [-0.05, 0) is 42.8 Å². The van der Waals surface area contributed by atoms with E-state index in [2.05, 4.69) is 37.9 Å². The Morgan fingerprint density at radius 3 is 2.46 bits per heavy atom. The van der Waals surface area contributed by atoms with Gasteiger partial charge in [-0.3, -0.25) is 4.79 Å². The molecule has 0 aromatic heterocycles. The van der Waals surface area contributed by atoms with E-state index in [0.29, 0.717) is 24.2 Å². The second-order valence-corrected chi connectivity index (χ2v) is 6.54. The second kappa shape index (κ2) is 9.59. The molecule has 0 saturated carbocycles. The SMILES string of the molecule is CC(NC(=O)NCCNC(=O)c1cccc(Br)c1)c1ccc(C#N)cc1. The van der Waals surface area contributed by atoms with Crippen LogP contribution in [0.5, 0.6) is 0 Å². The highest BCUT2D eigenvalue weighted by molar-refractivity contribution is 9.10. The van der Waals surface area contributed by atoms with E-state index in [9.17, 15) is 9.59 Å². The molecule has 2 aromatic carbocycles. The molecule has 134 valence electrons. The van der Waals surface area contributed by atoms with Crippen molar-refractivity contribution in [2.45, 2.75) is 13.0 Å². The van der Waals surface area contributed by atoms with Crippen molar-refractivity contribution >= 4 is 27.9 Å². The molecule has 1 atom stereocenters. The molecule has 0 aliphatic heterocycles. The molecular formula is C19H19BrN4O2. The van der Waals surface area contributed by atoms with Crippen LogP contribution in [0, 0.1) is 11.3 Å². The largest absolute Gasteiger partial charge is 0.350 e. The lowest BCUT2D eigenvalue weighted by molar-refractivity contribution is 0.0953. The molecule has 7 heteroatoms. The van der Waals surface area contributed by atoms with E-state index in [0.717, 1.165) is 10.0 Å². The van der Waals surface area contributed by atoms with E-state index >= 15 is 0 Å². The highest BCUT2D eigenvalue weighted by Gasteiger charge is 2.09. The first-order valence-electron chi connectivity index (χ1n) is 8.08. The Kier molecular flexibility index (Phi) is 7.18. The van der Waals surface area contributed by atoms with Crippen molar-refractivity contribution < 1.29 is 9.59 Å². The predicted octanol–water partition coefficient (Wildman–Crippen LogP) is 3.11. The molecule has 3 amide bonds. The van der Waals surface area contributed by atoms with Crippen molar-refractivity contribution in [3.05, 3.63) is 69.7 Å². The number of carbonyl (C=O) groups is 2. The van der Waals surface area contributed by atoms with E-state index in [-0.39, 0.29) is 18.0 Å². The average Bonchev–Trinajstić information content (AvgIpc) is 2.65. The van der Waals surface area contributed by atoms with Gasteiger partial charge < -0.3 is 16.0 Å². The lowest BCUT2D eigenvalue weighted by Gasteiger charge is -2.15. The summed E-state index contributed by atoms with van der Waals surface area (Å²) in [4.78, 5) is 23.9. The van der Waals surface area contributed by atoms with Gasteiger partial charge in [0.25, 0.3) is 5.91 Å². The van der Waals surface area contributed by atoms with Gasteiger partial charge in [0, 0.05) is 23.1 Å². The molecule has 26 heavy (non-hydrogen) atoms. The van der Waals surface area contributed by atoms with E-state index < -0.39 is 0 Å². The zero-order chi connectivity index (χ0) is 18.9. The first-order valence-corrected chi connectivity index (χ1v) is 8.87. The maximum Gasteiger partial charge on any atom is 0.315 e. The number of carbonyl (C=O) groups excluding carboxylic acids is 2. The fraction of sp³-hybridized carbons (Fsp3) is 0.211. The lowest BCUT2D eigenvalue weighted by atomic mass is 10.1. The van der Waals surface area contributed by atoms with Gasteiger partial charge >= 0.3 is 6.03 Å². The predicted molar refractivity (Wildman–Crippen MR) is 103 cm³/mol. The normalized spacial score (nSPS) is 11.1. The van der Waals surface area contributed by atoms with Crippen LogP contribution in [0.15, 0.2) is 53.0 Å². The van der Waals surface area contributed by atoms with Crippen molar-refractivity contribution in [3.8, 4) is 6.07 Å². The first kappa shape index (κ1) is 19.5. The standard InChI is InChI=1S/C19H19BrN4O2/c1-13(15-7-5-14(12-21)6-8-15)24-19(26)23-10-9-22-18(25)16-3-2-4-17(20)11-16/h2-8,11,13H,9-10H2,1H3,(H,22,25)(H2,23,24,26). The van der Waals surface area contributed by atoms with Crippen LogP contribution in [0.2, 0.25) is 0 Å². The van der Waals surface area contributed by atoms with Gasteiger partial charge in [0.05, 0.1) is 17.7 Å². The molecule has 0 aliphatic rings. The quantitative estimate of drug-likeness (QED) is 0.633. The Morgan fingerprint density at radius 2 is 1.81 bits per heavy atom. The summed E-state index contributed by atoms with van der Waals surface area (Å²) < 4.78 is 0.833. The fourth-order valence-electron chi connectivity index (χ4n) is 2.26. The molecule has 2 rings (SSSR count). The minimum absolute atomic E-state index is 0.195. The molecule has 0 saturated heterocycles. The third-order valence-electron chi connectivity index (χ3n) is 3.67. The summed E-state index contributed by atoms with van der Waals surface area (Å²) in [5.41, 5.74) is 2.03. The van der Waals surface area contributed by atoms with Crippen LogP contribution in [0.1, 0.15) is 34.5 Å². The molecule has 2 aromatic rings. The monoisotopic (exact) mass is 414 g/mol. The number of nitrogens with zero attached hydrogens (tertiary/aromatic N) is 1. The molecule has 0 fully saturated rings. The van der Waals surface area contributed by atoms with Gasteiger partial charge in [-0.15, -0.1) is 0 Å². The van der Waals surface area contributed by atoms with Gasteiger partial charge in [0.15, 0.2) is 0 Å². The van der Waals surface area contributed by atoms with Crippen LogP contribution in [0.25, 0.3) is 0 Å². The minimum atomic E-state index is -0.321. The summed E-state index contributed by atoms with van der Waals surface area (Å²) in [7, 11) is 0. The summed E-state index contributed by atoms with van der Waals surface area (Å²) in [6.07, 6.45) is 0. The van der Waals surface area contributed by atoms with Crippen LogP contribution < -0.4 is 16.0 Å². The zero-order valence-corrected chi connectivity index (χ0v) is 15.8. The maximum atomic E-state index is 12.0. The van der Waals surface area contributed by atoms with Crippen LogP contribution >= 0.6 is 15.9 Å². The van der Waals surface area contributed by atoms with Crippen molar-refractivity contribution in [1.29, 1.82) is 5.26 Å². The number of hydrogen-bond donors (Lipinski definition) is 3. The Labute approximate surface area is 160 Å². The number of halogens is 1. The number of urea groups is 1. The number of benzene rings is 2. The van der Waals surface area contributed by atoms with Gasteiger partial charge in [-0.2, -0.15) is 5.26 Å². The number of nitriles is 1. The Bertz CT molecular complexity index is 815. The molecule has 6 nitrogen and oxygen atoms in total. The number of nitrogens with one attached hydrogen (secondary N) is 3. The molecule has 3 N–H and O–H groups in total. The van der Waals surface area contributed by atoms with Crippen LogP contribution in [0.4, 0.5) is 4.79 Å². The molecular weight excluding hydrogens is 396 g/mol.